The summed E-state index contributed by atoms with van der Waals surface area (Å²) in [4.78, 5) is 26.1. The standard InChI is InChI=1S/C16H21N3O2/c20-15(13-7-8-17-11-13)18-14-5-3-12(4-6-14)16(21)19-9-1-2-10-19/h3-6,13,17H,1-2,7-11H2,(H,18,20). The van der Waals surface area contributed by atoms with Gasteiger partial charge in [-0.05, 0) is 50.1 Å². The molecule has 2 saturated heterocycles. The molecule has 1 aromatic carbocycles. The van der Waals surface area contributed by atoms with Crippen LogP contribution < -0.4 is 10.6 Å². The van der Waals surface area contributed by atoms with Crippen molar-refractivity contribution in [2.45, 2.75) is 19.3 Å². The van der Waals surface area contributed by atoms with Gasteiger partial charge in [0.05, 0.1) is 5.92 Å². The zero-order valence-electron chi connectivity index (χ0n) is 12.1. The highest BCUT2D eigenvalue weighted by Crippen LogP contribution is 2.17. The Morgan fingerprint density at radius 2 is 1.86 bits per heavy atom. The second-order valence-electron chi connectivity index (χ2n) is 5.76. The van der Waals surface area contributed by atoms with E-state index >= 15 is 0 Å². The molecule has 1 aromatic rings. The number of carbonyl (C=O) groups is 2. The van der Waals surface area contributed by atoms with Gasteiger partial charge in [0.1, 0.15) is 0 Å². The number of likely N-dealkylation sites (tertiary alicyclic amines) is 1. The summed E-state index contributed by atoms with van der Waals surface area (Å²) in [6.45, 7) is 3.36. The molecule has 2 amide bonds. The molecule has 2 heterocycles. The van der Waals surface area contributed by atoms with E-state index in [1.165, 1.54) is 0 Å². The normalized spacial score (nSPS) is 21.5. The molecular weight excluding hydrogens is 266 g/mol. The number of amides is 2. The lowest BCUT2D eigenvalue weighted by Crippen LogP contribution is -2.27. The molecule has 2 aliphatic rings. The minimum atomic E-state index is 0.0518. The SMILES string of the molecule is O=C(Nc1ccc(C(=O)N2CCCC2)cc1)C1CCNC1. The van der Waals surface area contributed by atoms with E-state index in [2.05, 4.69) is 10.6 Å². The molecule has 0 aliphatic carbocycles. The van der Waals surface area contributed by atoms with Crippen molar-refractivity contribution >= 4 is 17.5 Å². The largest absolute Gasteiger partial charge is 0.339 e. The van der Waals surface area contributed by atoms with Crippen LogP contribution in [-0.2, 0) is 4.79 Å². The molecule has 0 aromatic heterocycles. The molecule has 5 nitrogen and oxygen atoms in total. The summed E-state index contributed by atoms with van der Waals surface area (Å²) >= 11 is 0. The van der Waals surface area contributed by atoms with Crippen LogP contribution in [0.5, 0.6) is 0 Å². The highest BCUT2D eigenvalue weighted by atomic mass is 16.2. The zero-order valence-corrected chi connectivity index (χ0v) is 12.1. The van der Waals surface area contributed by atoms with Crippen molar-refractivity contribution < 1.29 is 9.59 Å². The third kappa shape index (κ3) is 3.24. The summed E-state index contributed by atoms with van der Waals surface area (Å²) in [6.07, 6.45) is 3.07. The smallest absolute Gasteiger partial charge is 0.253 e. The summed E-state index contributed by atoms with van der Waals surface area (Å²) in [5, 5.41) is 6.10. The second-order valence-corrected chi connectivity index (χ2v) is 5.76. The summed E-state index contributed by atoms with van der Waals surface area (Å²) in [7, 11) is 0. The first-order valence-electron chi connectivity index (χ1n) is 7.65. The Morgan fingerprint density at radius 3 is 2.48 bits per heavy atom. The molecule has 21 heavy (non-hydrogen) atoms. The monoisotopic (exact) mass is 287 g/mol. The van der Waals surface area contributed by atoms with Crippen LogP contribution in [0.2, 0.25) is 0 Å². The van der Waals surface area contributed by atoms with E-state index in [0.717, 1.165) is 51.1 Å². The number of hydrogen-bond acceptors (Lipinski definition) is 3. The highest BCUT2D eigenvalue weighted by molar-refractivity contribution is 5.96. The van der Waals surface area contributed by atoms with Crippen LogP contribution in [0.15, 0.2) is 24.3 Å². The van der Waals surface area contributed by atoms with E-state index in [-0.39, 0.29) is 17.7 Å². The number of hydrogen-bond donors (Lipinski definition) is 2. The van der Waals surface area contributed by atoms with Crippen molar-refractivity contribution in [2.24, 2.45) is 5.92 Å². The third-order valence-electron chi connectivity index (χ3n) is 4.22. The van der Waals surface area contributed by atoms with Crippen molar-refractivity contribution in [3.8, 4) is 0 Å². The Bertz CT molecular complexity index is 515. The Morgan fingerprint density at radius 1 is 1.14 bits per heavy atom. The maximum Gasteiger partial charge on any atom is 0.253 e. The number of nitrogens with zero attached hydrogens (tertiary/aromatic N) is 1. The molecule has 112 valence electrons. The van der Waals surface area contributed by atoms with Gasteiger partial charge in [-0.25, -0.2) is 0 Å². The van der Waals surface area contributed by atoms with Crippen LogP contribution >= 0.6 is 0 Å². The third-order valence-corrected chi connectivity index (χ3v) is 4.22. The molecule has 2 fully saturated rings. The van der Waals surface area contributed by atoms with Crippen molar-refractivity contribution in [1.82, 2.24) is 10.2 Å². The lowest BCUT2D eigenvalue weighted by Gasteiger charge is -2.15. The topological polar surface area (TPSA) is 61.4 Å². The van der Waals surface area contributed by atoms with Gasteiger partial charge < -0.3 is 15.5 Å². The number of anilines is 1. The average molecular weight is 287 g/mol. The molecular formula is C16H21N3O2. The van der Waals surface area contributed by atoms with Crippen LogP contribution in [0.25, 0.3) is 0 Å². The number of rotatable bonds is 3. The zero-order chi connectivity index (χ0) is 14.7. The Balaban J connectivity index is 1.60. The van der Waals surface area contributed by atoms with Crippen LogP contribution in [0.1, 0.15) is 29.6 Å². The van der Waals surface area contributed by atoms with Gasteiger partial charge in [-0.3, -0.25) is 9.59 Å². The van der Waals surface area contributed by atoms with Gasteiger partial charge >= 0.3 is 0 Å². The van der Waals surface area contributed by atoms with E-state index in [1.807, 2.05) is 17.0 Å². The van der Waals surface area contributed by atoms with Crippen LogP contribution in [-0.4, -0.2) is 42.9 Å². The summed E-state index contributed by atoms with van der Waals surface area (Å²) < 4.78 is 0. The summed E-state index contributed by atoms with van der Waals surface area (Å²) in [5.74, 6) is 0.194. The average Bonchev–Trinajstić information content (AvgIpc) is 3.20. The van der Waals surface area contributed by atoms with Gasteiger partial charge in [-0.2, -0.15) is 0 Å². The van der Waals surface area contributed by atoms with E-state index < -0.39 is 0 Å². The fraction of sp³-hybridized carbons (Fsp3) is 0.500. The lowest BCUT2D eigenvalue weighted by molar-refractivity contribution is -0.119. The molecule has 2 N–H and O–H groups in total. The van der Waals surface area contributed by atoms with Gasteiger partial charge in [0.2, 0.25) is 5.91 Å². The molecule has 1 unspecified atom stereocenters. The van der Waals surface area contributed by atoms with Gasteiger partial charge in [0.15, 0.2) is 0 Å². The summed E-state index contributed by atoms with van der Waals surface area (Å²) in [5.41, 5.74) is 1.45. The molecule has 2 aliphatic heterocycles. The lowest BCUT2D eigenvalue weighted by atomic mass is 10.1. The molecule has 5 heteroatoms. The molecule has 0 saturated carbocycles. The predicted octanol–water partition coefficient (Wildman–Crippen LogP) is 1.47. The first-order chi connectivity index (χ1) is 10.2. The maximum absolute atomic E-state index is 12.2. The fourth-order valence-corrected chi connectivity index (χ4v) is 2.92. The van der Waals surface area contributed by atoms with Gasteiger partial charge in [0, 0.05) is 30.9 Å². The van der Waals surface area contributed by atoms with Gasteiger partial charge in [-0.1, -0.05) is 0 Å². The van der Waals surface area contributed by atoms with E-state index in [9.17, 15) is 9.59 Å². The number of nitrogens with one attached hydrogen (secondary N) is 2. The van der Waals surface area contributed by atoms with Crippen molar-refractivity contribution in [3.05, 3.63) is 29.8 Å². The summed E-state index contributed by atoms with van der Waals surface area (Å²) in [6, 6.07) is 7.21. The Kier molecular flexibility index (Phi) is 4.20. The number of carbonyl (C=O) groups excluding carboxylic acids is 2. The van der Waals surface area contributed by atoms with Crippen molar-refractivity contribution in [1.29, 1.82) is 0 Å². The van der Waals surface area contributed by atoms with Crippen molar-refractivity contribution in [2.75, 3.05) is 31.5 Å². The van der Waals surface area contributed by atoms with Crippen molar-refractivity contribution in [3.63, 3.8) is 0 Å². The molecule has 0 radical (unpaired) electrons. The van der Waals surface area contributed by atoms with E-state index in [0.29, 0.717) is 5.56 Å². The van der Waals surface area contributed by atoms with Crippen LogP contribution in [0.4, 0.5) is 5.69 Å². The quantitative estimate of drug-likeness (QED) is 0.885. The molecule has 0 spiro atoms. The highest BCUT2D eigenvalue weighted by Gasteiger charge is 2.23. The molecule has 1 atom stereocenters. The minimum Gasteiger partial charge on any atom is -0.339 e. The van der Waals surface area contributed by atoms with E-state index in [4.69, 9.17) is 0 Å². The Labute approximate surface area is 124 Å². The predicted molar refractivity (Wildman–Crippen MR) is 81.2 cm³/mol. The van der Waals surface area contributed by atoms with Gasteiger partial charge in [-0.15, -0.1) is 0 Å². The van der Waals surface area contributed by atoms with E-state index in [1.54, 1.807) is 12.1 Å². The van der Waals surface area contributed by atoms with Crippen LogP contribution in [0, 0.1) is 5.92 Å². The first kappa shape index (κ1) is 14.1. The van der Waals surface area contributed by atoms with Crippen LogP contribution in [0.3, 0.4) is 0 Å². The number of benzene rings is 1. The molecule has 0 bridgehead atoms. The minimum absolute atomic E-state index is 0.0518. The Hall–Kier alpha value is -1.88. The fourth-order valence-electron chi connectivity index (χ4n) is 2.92. The van der Waals surface area contributed by atoms with Gasteiger partial charge in [0.25, 0.3) is 5.91 Å². The first-order valence-corrected chi connectivity index (χ1v) is 7.65. The molecule has 3 rings (SSSR count). The second kappa shape index (κ2) is 6.26. The maximum atomic E-state index is 12.2.